The first-order chi connectivity index (χ1) is 16.4. The highest BCUT2D eigenvalue weighted by Gasteiger charge is 2.19. The number of anilines is 2. The molecule has 4 rings (SSSR count). The molecule has 3 aromatic carbocycles. The lowest BCUT2D eigenvalue weighted by Gasteiger charge is -2.16. The van der Waals surface area contributed by atoms with Crippen LogP contribution in [0.1, 0.15) is 33.3 Å². The summed E-state index contributed by atoms with van der Waals surface area (Å²) in [5.74, 6) is -0.358. The number of amides is 1. The van der Waals surface area contributed by atoms with Crippen LogP contribution in [0.15, 0.2) is 78.9 Å². The van der Waals surface area contributed by atoms with Crippen LogP contribution in [0, 0.1) is 13.8 Å². The first-order valence-electron chi connectivity index (χ1n) is 11.2. The highest BCUT2D eigenvalue weighted by atomic mass is 32.1. The summed E-state index contributed by atoms with van der Waals surface area (Å²) < 4.78 is 0. The van der Waals surface area contributed by atoms with E-state index in [-0.39, 0.29) is 11.7 Å². The summed E-state index contributed by atoms with van der Waals surface area (Å²) in [7, 11) is 0. The molecule has 2 N–H and O–H groups in total. The third-order valence-electron chi connectivity index (χ3n) is 5.58. The van der Waals surface area contributed by atoms with E-state index in [0.29, 0.717) is 12.0 Å². The average Bonchev–Trinajstić information content (AvgIpc) is 3.19. The topological polar surface area (TPSA) is 71.1 Å². The van der Waals surface area contributed by atoms with Crippen molar-refractivity contribution in [2.75, 3.05) is 5.32 Å². The van der Waals surface area contributed by atoms with Gasteiger partial charge >= 0.3 is 0 Å². The van der Waals surface area contributed by atoms with Crippen LogP contribution in [-0.2, 0) is 11.2 Å². The summed E-state index contributed by atoms with van der Waals surface area (Å²) in [6, 6.07) is 24.6. The molecule has 34 heavy (non-hydrogen) atoms. The molecular weight excluding hydrogens is 442 g/mol. The number of hydrogen-bond donors (Lipinski definition) is 2. The molecule has 1 aromatic heterocycles. The van der Waals surface area contributed by atoms with Crippen LogP contribution in [0.25, 0.3) is 11.3 Å². The number of benzene rings is 3. The van der Waals surface area contributed by atoms with Gasteiger partial charge in [-0.2, -0.15) is 0 Å². The van der Waals surface area contributed by atoms with Crippen LogP contribution in [0.5, 0.6) is 0 Å². The predicted molar refractivity (Wildman–Crippen MR) is 139 cm³/mol. The molecule has 4 aromatic rings. The predicted octanol–water partition coefficient (Wildman–Crippen LogP) is 6.10. The Hall–Kier alpha value is -3.77. The molecule has 0 unspecified atom stereocenters. The van der Waals surface area contributed by atoms with E-state index < -0.39 is 6.04 Å². The zero-order valence-electron chi connectivity index (χ0n) is 19.5. The lowest BCUT2D eigenvalue weighted by molar-refractivity contribution is -0.118. The number of nitrogens with one attached hydrogen (secondary N) is 2. The number of nitrogens with zero attached hydrogens (tertiary/aromatic N) is 1. The van der Waals surface area contributed by atoms with Crippen LogP contribution in [0.4, 0.5) is 10.8 Å². The van der Waals surface area contributed by atoms with Crippen molar-refractivity contribution < 1.29 is 9.59 Å². The second kappa shape index (κ2) is 10.4. The van der Waals surface area contributed by atoms with Crippen molar-refractivity contribution >= 4 is 33.8 Å². The lowest BCUT2D eigenvalue weighted by atomic mass is 10.0. The quantitative estimate of drug-likeness (QED) is 0.327. The van der Waals surface area contributed by atoms with E-state index in [1.807, 2.05) is 42.5 Å². The van der Waals surface area contributed by atoms with Gasteiger partial charge in [-0.25, -0.2) is 4.98 Å². The van der Waals surface area contributed by atoms with E-state index in [2.05, 4.69) is 48.7 Å². The molecule has 1 atom stereocenters. The fourth-order valence-electron chi connectivity index (χ4n) is 3.68. The number of aromatic nitrogens is 1. The Morgan fingerprint density at radius 1 is 0.941 bits per heavy atom. The van der Waals surface area contributed by atoms with Gasteiger partial charge in [0.15, 0.2) is 10.9 Å². The van der Waals surface area contributed by atoms with Gasteiger partial charge in [-0.3, -0.25) is 9.59 Å². The van der Waals surface area contributed by atoms with Crippen molar-refractivity contribution in [1.29, 1.82) is 0 Å². The molecule has 1 heterocycles. The van der Waals surface area contributed by atoms with Gasteiger partial charge in [0.1, 0.15) is 0 Å². The summed E-state index contributed by atoms with van der Waals surface area (Å²) in [5, 5.41) is 6.96. The van der Waals surface area contributed by atoms with Crippen LogP contribution in [0.3, 0.4) is 0 Å². The van der Waals surface area contributed by atoms with Crippen molar-refractivity contribution in [1.82, 2.24) is 10.3 Å². The number of Topliss-reactive ketones (excluding diaryl/α,β-unsaturated/α-hetero) is 1. The zero-order chi connectivity index (χ0) is 24.1. The molecular formula is C28H27N3O2S. The van der Waals surface area contributed by atoms with Gasteiger partial charge in [-0.1, -0.05) is 66.2 Å². The van der Waals surface area contributed by atoms with Gasteiger partial charge in [0.05, 0.1) is 11.7 Å². The van der Waals surface area contributed by atoms with E-state index in [4.69, 9.17) is 4.98 Å². The van der Waals surface area contributed by atoms with Gasteiger partial charge in [0, 0.05) is 21.7 Å². The molecule has 5 nitrogen and oxygen atoms in total. The van der Waals surface area contributed by atoms with Crippen LogP contribution in [0.2, 0.25) is 0 Å². The van der Waals surface area contributed by atoms with E-state index in [1.54, 1.807) is 23.5 Å². The van der Waals surface area contributed by atoms with E-state index in [0.717, 1.165) is 32.5 Å². The highest BCUT2D eigenvalue weighted by Crippen LogP contribution is 2.32. The van der Waals surface area contributed by atoms with Crippen molar-refractivity contribution in [2.45, 2.75) is 33.2 Å². The van der Waals surface area contributed by atoms with E-state index in [9.17, 15) is 9.59 Å². The lowest BCUT2D eigenvalue weighted by Crippen LogP contribution is -2.41. The number of ketones is 1. The van der Waals surface area contributed by atoms with Gasteiger partial charge in [0.25, 0.3) is 5.91 Å². The van der Waals surface area contributed by atoms with Crippen molar-refractivity contribution in [2.24, 2.45) is 0 Å². The second-order valence-electron chi connectivity index (χ2n) is 8.32. The molecule has 0 bridgehead atoms. The van der Waals surface area contributed by atoms with Crippen LogP contribution in [-0.4, -0.2) is 22.7 Å². The Balaban J connectivity index is 1.47. The Morgan fingerprint density at radius 3 is 2.38 bits per heavy atom. The molecule has 0 saturated heterocycles. The van der Waals surface area contributed by atoms with E-state index in [1.165, 1.54) is 12.5 Å². The molecule has 1 amide bonds. The highest BCUT2D eigenvalue weighted by molar-refractivity contribution is 7.16. The Bertz CT molecular complexity index is 1300. The Labute approximate surface area is 203 Å². The summed E-state index contributed by atoms with van der Waals surface area (Å²) in [5.41, 5.74) is 5.49. The number of thiazole rings is 1. The Kier molecular flexibility index (Phi) is 7.18. The maximum Gasteiger partial charge on any atom is 0.251 e. The molecule has 0 saturated carbocycles. The Morgan fingerprint density at radius 2 is 1.68 bits per heavy atom. The zero-order valence-corrected chi connectivity index (χ0v) is 20.3. The summed E-state index contributed by atoms with van der Waals surface area (Å²) in [6.45, 7) is 5.62. The van der Waals surface area contributed by atoms with Crippen LogP contribution >= 0.6 is 11.3 Å². The van der Waals surface area contributed by atoms with Gasteiger partial charge in [-0.15, -0.1) is 11.3 Å². The first-order valence-corrected chi connectivity index (χ1v) is 12.0. The molecule has 0 aliphatic heterocycles. The molecule has 0 radical (unpaired) electrons. The molecule has 0 spiro atoms. The largest absolute Gasteiger partial charge is 0.342 e. The smallest absolute Gasteiger partial charge is 0.251 e. The van der Waals surface area contributed by atoms with E-state index >= 15 is 0 Å². The normalized spacial score (nSPS) is 11.6. The minimum atomic E-state index is -0.579. The average molecular weight is 470 g/mol. The third-order valence-corrected chi connectivity index (χ3v) is 6.46. The summed E-state index contributed by atoms with van der Waals surface area (Å²) >= 11 is 1.57. The molecule has 0 aliphatic rings. The molecule has 172 valence electrons. The number of hydrogen-bond acceptors (Lipinski definition) is 5. The third kappa shape index (κ3) is 5.77. The SMILES string of the molecule is CC(=O)[C@H](Cc1ccccc1)NC(=O)c1cccc(Nc2nc(-c3ccc(C)cc3)c(C)s2)c1. The fraction of sp³-hybridized carbons (Fsp3) is 0.179. The van der Waals surface area contributed by atoms with Gasteiger partial charge in [-0.05, 0) is 51.0 Å². The van der Waals surface area contributed by atoms with Crippen molar-refractivity contribution in [3.05, 3.63) is 100 Å². The number of carbonyl (C=O) groups is 2. The molecule has 6 heteroatoms. The minimum Gasteiger partial charge on any atom is -0.342 e. The number of rotatable bonds is 8. The minimum absolute atomic E-state index is 0.0756. The molecule has 0 fully saturated rings. The van der Waals surface area contributed by atoms with Gasteiger partial charge < -0.3 is 10.6 Å². The number of carbonyl (C=O) groups excluding carboxylic acids is 2. The number of aryl methyl sites for hydroxylation is 2. The fourth-order valence-corrected chi connectivity index (χ4v) is 4.53. The van der Waals surface area contributed by atoms with Crippen molar-refractivity contribution in [3.63, 3.8) is 0 Å². The molecule has 0 aliphatic carbocycles. The standard InChI is InChI=1S/C28H27N3O2S/c1-18-12-14-22(15-13-18)26-20(3)34-28(31-26)29-24-11-7-10-23(17-24)27(33)30-25(19(2)32)16-21-8-5-4-6-9-21/h4-15,17,25H,16H2,1-3H3,(H,29,31)(H,30,33)/t25-/m0/s1. The maximum absolute atomic E-state index is 12.9. The van der Waals surface area contributed by atoms with Crippen molar-refractivity contribution in [3.8, 4) is 11.3 Å². The first kappa shape index (κ1) is 23.4. The summed E-state index contributed by atoms with van der Waals surface area (Å²) in [6.07, 6.45) is 0.458. The van der Waals surface area contributed by atoms with Gasteiger partial charge in [0.2, 0.25) is 0 Å². The maximum atomic E-state index is 12.9. The van der Waals surface area contributed by atoms with Crippen LogP contribution < -0.4 is 10.6 Å². The summed E-state index contributed by atoms with van der Waals surface area (Å²) in [4.78, 5) is 31.0. The second-order valence-corrected chi connectivity index (χ2v) is 9.53. The monoisotopic (exact) mass is 469 g/mol.